The van der Waals surface area contributed by atoms with E-state index >= 15 is 0 Å². The lowest BCUT2D eigenvalue weighted by molar-refractivity contribution is 0.501. The summed E-state index contributed by atoms with van der Waals surface area (Å²) >= 11 is 1.62. The Morgan fingerprint density at radius 2 is 2.29 bits per heavy atom. The molecule has 2 heterocycles. The van der Waals surface area contributed by atoms with Crippen molar-refractivity contribution in [2.24, 2.45) is 0 Å². The Bertz CT molecular complexity index is 400. The van der Waals surface area contributed by atoms with E-state index in [0.717, 1.165) is 22.3 Å². The Labute approximate surface area is 86.6 Å². The van der Waals surface area contributed by atoms with Crippen molar-refractivity contribution in [3.63, 3.8) is 0 Å². The van der Waals surface area contributed by atoms with E-state index in [4.69, 9.17) is 4.42 Å². The standard InChI is InChI=1S/C10H10N2OS/c1-8-2-3-9(13-8)7-14-10-6-11-4-5-12-10/h2-6H,7H2,1H3. The van der Waals surface area contributed by atoms with Crippen LogP contribution in [0.5, 0.6) is 0 Å². The van der Waals surface area contributed by atoms with Crippen LogP contribution in [0.15, 0.2) is 40.2 Å². The van der Waals surface area contributed by atoms with E-state index in [-0.39, 0.29) is 0 Å². The Hall–Kier alpha value is -1.29. The summed E-state index contributed by atoms with van der Waals surface area (Å²) in [6.45, 7) is 1.94. The zero-order valence-electron chi connectivity index (χ0n) is 7.80. The maximum absolute atomic E-state index is 5.44. The fourth-order valence-corrected chi connectivity index (χ4v) is 1.78. The molecule has 0 N–H and O–H groups in total. The second-order valence-electron chi connectivity index (χ2n) is 2.84. The number of rotatable bonds is 3. The van der Waals surface area contributed by atoms with E-state index in [1.807, 2.05) is 19.1 Å². The van der Waals surface area contributed by atoms with E-state index in [1.54, 1.807) is 30.4 Å². The van der Waals surface area contributed by atoms with Crippen LogP contribution in [0.3, 0.4) is 0 Å². The number of nitrogens with zero attached hydrogens (tertiary/aromatic N) is 2. The maximum atomic E-state index is 5.44. The Kier molecular flexibility index (Phi) is 2.84. The Morgan fingerprint density at radius 3 is 2.93 bits per heavy atom. The minimum atomic E-state index is 0.798. The van der Waals surface area contributed by atoms with Crippen molar-refractivity contribution in [3.05, 3.63) is 42.2 Å². The summed E-state index contributed by atoms with van der Waals surface area (Å²) in [6, 6.07) is 3.95. The molecule has 0 bridgehead atoms. The molecule has 0 aliphatic rings. The number of thioether (sulfide) groups is 1. The smallest absolute Gasteiger partial charge is 0.115 e. The summed E-state index contributed by atoms with van der Waals surface area (Å²) in [5.74, 6) is 2.71. The van der Waals surface area contributed by atoms with Crippen molar-refractivity contribution in [1.82, 2.24) is 9.97 Å². The highest BCUT2D eigenvalue weighted by Crippen LogP contribution is 2.20. The molecule has 0 saturated heterocycles. The molecule has 0 radical (unpaired) electrons. The van der Waals surface area contributed by atoms with Crippen molar-refractivity contribution < 1.29 is 4.42 Å². The SMILES string of the molecule is Cc1ccc(CSc2cnccn2)o1. The predicted octanol–water partition coefficient (Wildman–Crippen LogP) is 2.67. The average molecular weight is 206 g/mol. The molecule has 0 saturated carbocycles. The maximum Gasteiger partial charge on any atom is 0.115 e. The molecule has 0 aliphatic heterocycles. The molecule has 0 unspecified atom stereocenters. The van der Waals surface area contributed by atoms with Gasteiger partial charge in [-0.25, -0.2) is 4.98 Å². The van der Waals surface area contributed by atoms with E-state index in [0.29, 0.717) is 0 Å². The molecule has 72 valence electrons. The summed E-state index contributed by atoms with van der Waals surface area (Å²) < 4.78 is 5.44. The van der Waals surface area contributed by atoms with Crippen LogP contribution in [0.25, 0.3) is 0 Å². The first kappa shape index (κ1) is 9.27. The first-order valence-corrected chi connectivity index (χ1v) is 5.27. The van der Waals surface area contributed by atoms with Gasteiger partial charge in [0.1, 0.15) is 16.5 Å². The summed E-state index contributed by atoms with van der Waals surface area (Å²) in [4.78, 5) is 8.15. The predicted molar refractivity (Wildman–Crippen MR) is 55.0 cm³/mol. The lowest BCUT2D eigenvalue weighted by atomic mass is 10.5. The van der Waals surface area contributed by atoms with Crippen molar-refractivity contribution in [2.45, 2.75) is 17.7 Å². The highest BCUT2D eigenvalue weighted by molar-refractivity contribution is 7.98. The third-order valence-electron chi connectivity index (χ3n) is 1.70. The average Bonchev–Trinajstić information content (AvgIpc) is 2.63. The zero-order valence-corrected chi connectivity index (χ0v) is 8.62. The van der Waals surface area contributed by atoms with Gasteiger partial charge in [-0.3, -0.25) is 4.98 Å². The molecule has 3 nitrogen and oxygen atoms in total. The van der Waals surface area contributed by atoms with Crippen molar-refractivity contribution >= 4 is 11.8 Å². The van der Waals surface area contributed by atoms with Crippen LogP contribution in [0.1, 0.15) is 11.5 Å². The van der Waals surface area contributed by atoms with Gasteiger partial charge < -0.3 is 4.42 Å². The van der Waals surface area contributed by atoms with Crippen LogP contribution in [0, 0.1) is 6.92 Å². The van der Waals surface area contributed by atoms with Gasteiger partial charge in [0.25, 0.3) is 0 Å². The first-order valence-electron chi connectivity index (χ1n) is 4.29. The van der Waals surface area contributed by atoms with Gasteiger partial charge in [-0.05, 0) is 19.1 Å². The molecule has 2 aromatic heterocycles. The molecular formula is C10H10N2OS. The summed E-state index contributed by atoms with van der Waals surface area (Å²) in [7, 11) is 0. The van der Waals surface area contributed by atoms with Gasteiger partial charge in [0, 0.05) is 12.4 Å². The van der Waals surface area contributed by atoms with Gasteiger partial charge in [0.2, 0.25) is 0 Å². The zero-order chi connectivity index (χ0) is 9.80. The molecule has 0 amide bonds. The van der Waals surface area contributed by atoms with E-state index in [2.05, 4.69) is 9.97 Å². The summed E-state index contributed by atoms with van der Waals surface area (Å²) in [5, 5.41) is 0.918. The molecule has 0 aliphatic carbocycles. The third-order valence-corrected chi connectivity index (χ3v) is 2.63. The van der Waals surface area contributed by atoms with Crippen LogP contribution < -0.4 is 0 Å². The molecule has 2 rings (SSSR count). The minimum absolute atomic E-state index is 0.798. The van der Waals surface area contributed by atoms with Gasteiger partial charge in [-0.2, -0.15) is 0 Å². The quantitative estimate of drug-likeness (QED) is 0.724. The highest BCUT2D eigenvalue weighted by atomic mass is 32.2. The van der Waals surface area contributed by atoms with Gasteiger partial charge in [-0.1, -0.05) is 11.8 Å². The third kappa shape index (κ3) is 2.35. The lowest BCUT2D eigenvalue weighted by Gasteiger charge is -1.96. The lowest BCUT2D eigenvalue weighted by Crippen LogP contribution is -1.81. The van der Waals surface area contributed by atoms with Crippen molar-refractivity contribution in [3.8, 4) is 0 Å². The molecule has 0 atom stereocenters. The fourth-order valence-electron chi connectivity index (χ4n) is 1.07. The second kappa shape index (κ2) is 4.28. The molecular weight excluding hydrogens is 196 g/mol. The highest BCUT2D eigenvalue weighted by Gasteiger charge is 2.00. The van der Waals surface area contributed by atoms with E-state index in [9.17, 15) is 0 Å². The number of hydrogen-bond donors (Lipinski definition) is 0. The normalized spacial score (nSPS) is 10.4. The van der Waals surface area contributed by atoms with Crippen LogP contribution in [-0.2, 0) is 5.75 Å². The largest absolute Gasteiger partial charge is 0.465 e. The van der Waals surface area contributed by atoms with Crippen LogP contribution in [0.4, 0.5) is 0 Å². The monoisotopic (exact) mass is 206 g/mol. The van der Waals surface area contributed by atoms with E-state index < -0.39 is 0 Å². The van der Waals surface area contributed by atoms with Gasteiger partial charge in [-0.15, -0.1) is 0 Å². The molecule has 0 spiro atoms. The molecule has 14 heavy (non-hydrogen) atoms. The second-order valence-corrected chi connectivity index (χ2v) is 3.84. The number of aryl methyl sites for hydroxylation is 1. The number of hydrogen-bond acceptors (Lipinski definition) is 4. The number of aromatic nitrogens is 2. The fraction of sp³-hybridized carbons (Fsp3) is 0.200. The van der Waals surface area contributed by atoms with Crippen LogP contribution >= 0.6 is 11.8 Å². The van der Waals surface area contributed by atoms with Gasteiger partial charge >= 0.3 is 0 Å². The van der Waals surface area contributed by atoms with Crippen molar-refractivity contribution in [1.29, 1.82) is 0 Å². The van der Waals surface area contributed by atoms with Crippen LogP contribution in [0.2, 0.25) is 0 Å². The minimum Gasteiger partial charge on any atom is -0.465 e. The summed E-state index contributed by atoms with van der Waals surface area (Å²) in [5.41, 5.74) is 0. The van der Waals surface area contributed by atoms with Crippen molar-refractivity contribution in [2.75, 3.05) is 0 Å². The topological polar surface area (TPSA) is 38.9 Å². The number of furan rings is 1. The van der Waals surface area contributed by atoms with E-state index in [1.165, 1.54) is 0 Å². The van der Waals surface area contributed by atoms with Crippen LogP contribution in [-0.4, -0.2) is 9.97 Å². The molecule has 0 aromatic carbocycles. The summed E-state index contributed by atoms with van der Waals surface area (Å²) in [6.07, 6.45) is 5.11. The van der Waals surface area contributed by atoms with Gasteiger partial charge in [0.05, 0.1) is 11.9 Å². The Morgan fingerprint density at radius 1 is 1.36 bits per heavy atom. The molecule has 4 heteroatoms. The Balaban J connectivity index is 1.95. The molecule has 0 fully saturated rings. The molecule has 2 aromatic rings. The first-order chi connectivity index (χ1) is 6.84. The van der Waals surface area contributed by atoms with Gasteiger partial charge in [0.15, 0.2) is 0 Å².